The molecule has 0 aliphatic carbocycles. The number of pyridine rings is 1. The summed E-state index contributed by atoms with van der Waals surface area (Å²) in [6, 6.07) is 17.5. The van der Waals surface area contributed by atoms with E-state index in [1.807, 2.05) is 60.8 Å². The summed E-state index contributed by atoms with van der Waals surface area (Å²) < 4.78 is 5.49. The average Bonchev–Trinajstić information content (AvgIpc) is 2.87. The van der Waals surface area contributed by atoms with Crippen molar-refractivity contribution in [2.24, 2.45) is 11.8 Å². The molecule has 5 unspecified atom stereocenters. The Morgan fingerprint density at radius 2 is 2.09 bits per heavy atom. The zero-order valence-corrected chi connectivity index (χ0v) is 18.4. The van der Waals surface area contributed by atoms with Gasteiger partial charge in [-0.25, -0.2) is 0 Å². The van der Waals surface area contributed by atoms with Gasteiger partial charge >= 0.3 is 0 Å². The number of nitrogens with zero attached hydrogens (tertiary/aromatic N) is 2. The van der Waals surface area contributed by atoms with E-state index in [4.69, 9.17) is 4.74 Å². The van der Waals surface area contributed by atoms with E-state index in [0.29, 0.717) is 17.4 Å². The van der Waals surface area contributed by atoms with Gasteiger partial charge in [-0.15, -0.1) is 6.58 Å². The molecule has 4 heterocycles. The van der Waals surface area contributed by atoms with Crippen molar-refractivity contribution < 1.29 is 9.53 Å². The van der Waals surface area contributed by atoms with Crippen molar-refractivity contribution in [2.75, 3.05) is 20.2 Å². The van der Waals surface area contributed by atoms with E-state index in [1.54, 1.807) is 7.11 Å². The highest BCUT2D eigenvalue weighted by Crippen LogP contribution is 2.42. The number of rotatable bonds is 6. The smallest absolute Gasteiger partial charge is 0.251 e. The van der Waals surface area contributed by atoms with Gasteiger partial charge in [-0.05, 0) is 73.2 Å². The molecule has 32 heavy (non-hydrogen) atoms. The van der Waals surface area contributed by atoms with Crippen molar-refractivity contribution >= 4 is 16.8 Å². The Hall–Kier alpha value is -3.18. The van der Waals surface area contributed by atoms with Crippen LogP contribution in [-0.4, -0.2) is 42.0 Å². The molecule has 5 heteroatoms. The SMILES string of the molecule is C=CC1CN2CCC1CC2C(NC(=O)c1ccccc1)c1ccnc2ccc(OC)cc12. The van der Waals surface area contributed by atoms with Gasteiger partial charge in [-0.3, -0.25) is 14.7 Å². The van der Waals surface area contributed by atoms with Crippen LogP contribution < -0.4 is 10.1 Å². The van der Waals surface area contributed by atoms with Gasteiger partial charge in [0.25, 0.3) is 5.91 Å². The number of nitrogens with one attached hydrogen (secondary N) is 1. The molecule has 1 aromatic heterocycles. The number of benzene rings is 2. The number of carbonyl (C=O) groups is 1. The van der Waals surface area contributed by atoms with Crippen LogP contribution in [0, 0.1) is 11.8 Å². The maximum atomic E-state index is 13.3. The lowest BCUT2D eigenvalue weighted by molar-refractivity contribution is 0.00170. The van der Waals surface area contributed by atoms with Gasteiger partial charge < -0.3 is 10.1 Å². The lowest BCUT2D eigenvalue weighted by Gasteiger charge is -2.51. The summed E-state index contributed by atoms with van der Waals surface area (Å²) in [4.78, 5) is 20.4. The van der Waals surface area contributed by atoms with E-state index >= 15 is 0 Å². The monoisotopic (exact) mass is 427 g/mol. The topological polar surface area (TPSA) is 54.5 Å². The third-order valence-electron chi connectivity index (χ3n) is 7.18. The van der Waals surface area contributed by atoms with E-state index in [1.165, 1.54) is 6.42 Å². The predicted molar refractivity (Wildman–Crippen MR) is 127 cm³/mol. The fourth-order valence-corrected chi connectivity index (χ4v) is 5.46. The number of aromatic nitrogens is 1. The fourth-order valence-electron chi connectivity index (χ4n) is 5.46. The first-order chi connectivity index (χ1) is 15.7. The number of carbonyl (C=O) groups excluding carboxylic acids is 1. The Morgan fingerprint density at radius 1 is 1.25 bits per heavy atom. The molecule has 3 saturated heterocycles. The summed E-state index contributed by atoms with van der Waals surface area (Å²) in [5, 5.41) is 4.41. The molecule has 1 amide bonds. The molecule has 0 saturated carbocycles. The van der Waals surface area contributed by atoms with Crippen molar-refractivity contribution in [3.8, 4) is 5.75 Å². The van der Waals surface area contributed by atoms with Crippen LogP contribution in [0.3, 0.4) is 0 Å². The number of piperidine rings is 3. The largest absolute Gasteiger partial charge is 0.497 e. The molecular formula is C27H29N3O2. The van der Waals surface area contributed by atoms with Crippen molar-refractivity contribution in [3.05, 3.63) is 84.6 Å². The summed E-state index contributed by atoms with van der Waals surface area (Å²) in [6.07, 6.45) is 6.19. The number of methoxy groups -OCH3 is 1. The van der Waals surface area contributed by atoms with E-state index in [2.05, 4.69) is 27.9 Å². The highest BCUT2D eigenvalue weighted by atomic mass is 16.5. The standard InChI is InChI=1S/C27H29N3O2/c1-3-18-17-30-14-12-20(18)15-25(30)26(29-27(31)19-7-5-4-6-8-19)22-11-13-28-24-10-9-21(32-2)16-23(22)24/h3-11,13,16,18,20,25-26H,1,12,14-15,17H2,2H3,(H,29,31). The van der Waals surface area contributed by atoms with Crippen LogP contribution in [-0.2, 0) is 0 Å². The first kappa shape index (κ1) is 20.7. The van der Waals surface area contributed by atoms with E-state index in [-0.39, 0.29) is 18.0 Å². The molecule has 3 aromatic rings. The quantitative estimate of drug-likeness (QED) is 0.584. The van der Waals surface area contributed by atoms with E-state index in [9.17, 15) is 4.79 Å². The lowest BCUT2D eigenvalue weighted by Crippen LogP contribution is -2.57. The minimum Gasteiger partial charge on any atom is -0.497 e. The minimum atomic E-state index is -0.145. The summed E-state index contributed by atoms with van der Waals surface area (Å²) in [5.41, 5.74) is 2.67. The van der Waals surface area contributed by atoms with Gasteiger partial charge in [-0.1, -0.05) is 24.3 Å². The number of fused-ring (bicyclic) bond motifs is 4. The van der Waals surface area contributed by atoms with E-state index in [0.717, 1.165) is 41.7 Å². The number of hydrogen-bond donors (Lipinski definition) is 1. The van der Waals surface area contributed by atoms with Gasteiger partial charge in [0.1, 0.15) is 5.75 Å². The molecule has 0 radical (unpaired) electrons. The maximum absolute atomic E-state index is 13.3. The summed E-state index contributed by atoms with van der Waals surface area (Å²) in [6.45, 7) is 6.12. The Balaban J connectivity index is 1.57. The Bertz CT molecular complexity index is 1130. The zero-order valence-electron chi connectivity index (χ0n) is 18.4. The molecule has 3 fully saturated rings. The molecule has 3 aliphatic heterocycles. The first-order valence-electron chi connectivity index (χ1n) is 11.3. The molecule has 3 aliphatic rings. The molecule has 164 valence electrons. The Morgan fingerprint density at radius 3 is 2.81 bits per heavy atom. The predicted octanol–water partition coefficient (Wildman–Crippen LogP) is 4.61. The molecule has 1 N–H and O–H groups in total. The summed E-state index contributed by atoms with van der Waals surface area (Å²) >= 11 is 0. The lowest BCUT2D eigenvalue weighted by atomic mass is 9.73. The minimum absolute atomic E-state index is 0.0497. The molecular weight excluding hydrogens is 398 g/mol. The van der Waals surface area contributed by atoms with Gasteiger partial charge in [-0.2, -0.15) is 0 Å². The van der Waals surface area contributed by atoms with Crippen LogP contribution in [0.2, 0.25) is 0 Å². The van der Waals surface area contributed by atoms with Crippen molar-refractivity contribution in [1.29, 1.82) is 0 Å². The van der Waals surface area contributed by atoms with Gasteiger partial charge in [0.05, 0.1) is 18.7 Å². The Kier molecular flexibility index (Phi) is 5.66. The first-order valence-corrected chi connectivity index (χ1v) is 11.3. The molecule has 2 bridgehead atoms. The highest BCUT2D eigenvalue weighted by molar-refractivity contribution is 5.95. The van der Waals surface area contributed by atoms with Gasteiger partial charge in [0.15, 0.2) is 0 Å². The second-order valence-corrected chi connectivity index (χ2v) is 8.85. The van der Waals surface area contributed by atoms with Crippen LogP contribution in [0.1, 0.15) is 34.8 Å². The zero-order chi connectivity index (χ0) is 22.1. The second-order valence-electron chi connectivity index (χ2n) is 8.85. The number of ether oxygens (including phenoxy) is 1. The normalized spacial score (nSPS) is 25.3. The van der Waals surface area contributed by atoms with Gasteiger partial charge in [0.2, 0.25) is 0 Å². The summed E-state index contributed by atoms with van der Waals surface area (Å²) in [5.74, 6) is 1.88. The third-order valence-corrected chi connectivity index (χ3v) is 7.18. The van der Waals surface area contributed by atoms with Crippen LogP contribution in [0.25, 0.3) is 10.9 Å². The van der Waals surface area contributed by atoms with E-state index < -0.39 is 0 Å². The molecule has 5 atom stereocenters. The van der Waals surface area contributed by atoms with Crippen LogP contribution in [0.15, 0.2) is 73.4 Å². The van der Waals surface area contributed by atoms with Gasteiger partial charge in [0, 0.05) is 29.7 Å². The molecule has 5 nitrogen and oxygen atoms in total. The molecule has 2 aromatic carbocycles. The maximum Gasteiger partial charge on any atom is 0.251 e. The highest BCUT2D eigenvalue weighted by Gasteiger charge is 2.43. The van der Waals surface area contributed by atoms with Crippen LogP contribution in [0.5, 0.6) is 5.75 Å². The average molecular weight is 428 g/mol. The summed E-state index contributed by atoms with van der Waals surface area (Å²) in [7, 11) is 1.67. The Labute approximate surface area is 189 Å². The molecule has 0 spiro atoms. The van der Waals surface area contributed by atoms with Crippen molar-refractivity contribution in [1.82, 2.24) is 15.2 Å². The van der Waals surface area contributed by atoms with Crippen LogP contribution >= 0.6 is 0 Å². The number of hydrogen-bond acceptors (Lipinski definition) is 4. The molecule has 6 rings (SSSR count). The van der Waals surface area contributed by atoms with Crippen molar-refractivity contribution in [2.45, 2.75) is 24.9 Å². The second kappa shape index (κ2) is 8.75. The number of amides is 1. The fraction of sp³-hybridized carbons (Fsp3) is 0.333. The third kappa shape index (κ3) is 3.78. The van der Waals surface area contributed by atoms with Crippen molar-refractivity contribution in [3.63, 3.8) is 0 Å². The van der Waals surface area contributed by atoms with Crippen LogP contribution in [0.4, 0.5) is 0 Å².